The van der Waals surface area contributed by atoms with Gasteiger partial charge in [0.15, 0.2) is 5.16 Å². The van der Waals surface area contributed by atoms with Crippen molar-refractivity contribution in [2.75, 3.05) is 0 Å². The second-order valence-electron chi connectivity index (χ2n) is 4.33. The summed E-state index contributed by atoms with van der Waals surface area (Å²) in [5, 5.41) is 9.60. The Morgan fingerprint density at radius 3 is 2.65 bits per heavy atom. The Morgan fingerprint density at radius 1 is 1.35 bits per heavy atom. The molecule has 2 atom stereocenters. The number of nitrogens with zero attached hydrogens (tertiary/aromatic N) is 2. The molecule has 106 valence electrons. The van der Waals surface area contributed by atoms with Crippen LogP contribution in [-0.2, 0) is 4.79 Å². The molecule has 0 aliphatic carbocycles. The van der Waals surface area contributed by atoms with E-state index < -0.39 is 0 Å². The number of halogens is 1. The van der Waals surface area contributed by atoms with Crippen molar-refractivity contribution >= 4 is 17.7 Å². The van der Waals surface area contributed by atoms with E-state index >= 15 is 0 Å². The van der Waals surface area contributed by atoms with E-state index in [-0.39, 0.29) is 23.0 Å². The number of H-pyrrole nitrogens is 1. The van der Waals surface area contributed by atoms with Gasteiger partial charge in [-0.15, -0.1) is 0 Å². The van der Waals surface area contributed by atoms with E-state index in [0.717, 1.165) is 5.56 Å². The second kappa shape index (κ2) is 6.51. The average molecular weight is 294 g/mol. The van der Waals surface area contributed by atoms with Gasteiger partial charge in [-0.25, -0.2) is 9.37 Å². The summed E-state index contributed by atoms with van der Waals surface area (Å²) in [4.78, 5) is 16.0. The van der Waals surface area contributed by atoms with Crippen LogP contribution >= 0.6 is 11.8 Å². The monoisotopic (exact) mass is 294 g/mol. The van der Waals surface area contributed by atoms with Crippen LogP contribution in [0.5, 0.6) is 0 Å². The highest BCUT2D eigenvalue weighted by atomic mass is 32.2. The quantitative estimate of drug-likeness (QED) is 0.830. The molecule has 0 radical (unpaired) electrons. The summed E-state index contributed by atoms with van der Waals surface area (Å²) in [6.45, 7) is 3.65. The van der Waals surface area contributed by atoms with Gasteiger partial charge in [0.05, 0.1) is 11.3 Å². The van der Waals surface area contributed by atoms with E-state index in [1.165, 1.54) is 30.2 Å². The molecule has 0 aliphatic rings. The molecule has 1 amide bonds. The number of amides is 1. The van der Waals surface area contributed by atoms with Crippen LogP contribution in [0.15, 0.2) is 35.7 Å². The van der Waals surface area contributed by atoms with Crippen LogP contribution in [-0.4, -0.2) is 26.3 Å². The van der Waals surface area contributed by atoms with Crippen LogP contribution in [0.1, 0.15) is 25.5 Å². The molecule has 1 aromatic carbocycles. The number of aromatic amines is 1. The first-order valence-corrected chi connectivity index (χ1v) is 7.02. The fraction of sp³-hybridized carbons (Fsp3) is 0.308. The summed E-state index contributed by atoms with van der Waals surface area (Å²) < 4.78 is 12.8. The van der Waals surface area contributed by atoms with Crippen LogP contribution in [0.4, 0.5) is 4.39 Å². The van der Waals surface area contributed by atoms with Gasteiger partial charge < -0.3 is 5.32 Å². The van der Waals surface area contributed by atoms with Crippen molar-refractivity contribution < 1.29 is 9.18 Å². The van der Waals surface area contributed by atoms with Gasteiger partial charge in [0, 0.05) is 0 Å². The molecule has 1 aromatic heterocycles. The maximum Gasteiger partial charge on any atom is 0.233 e. The van der Waals surface area contributed by atoms with Crippen molar-refractivity contribution in [2.24, 2.45) is 0 Å². The molecule has 5 nitrogen and oxygen atoms in total. The number of carbonyl (C=O) groups is 1. The van der Waals surface area contributed by atoms with Gasteiger partial charge in [0.25, 0.3) is 0 Å². The summed E-state index contributed by atoms with van der Waals surface area (Å²) in [5.74, 6) is -0.398. The molecule has 7 heteroatoms. The molecule has 2 aromatic rings. The van der Waals surface area contributed by atoms with Crippen molar-refractivity contribution in [3.05, 3.63) is 42.0 Å². The fourth-order valence-electron chi connectivity index (χ4n) is 1.64. The van der Waals surface area contributed by atoms with Crippen LogP contribution in [0, 0.1) is 5.82 Å². The highest BCUT2D eigenvalue weighted by Crippen LogP contribution is 2.20. The van der Waals surface area contributed by atoms with Crippen molar-refractivity contribution in [1.82, 2.24) is 20.5 Å². The standard InChI is InChI=1S/C13H15FN4OS/c1-8(10-3-5-11(14)6-4-10)17-12(19)9(2)20-13-15-7-16-18-13/h3-9H,1-2H3,(H,17,19)(H,15,16,18)/t8-,9-/m0/s1. The highest BCUT2D eigenvalue weighted by molar-refractivity contribution is 8.00. The summed E-state index contributed by atoms with van der Waals surface area (Å²) >= 11 is 1.30. The van der Waals surface area contributed by atoms with Gasteiger partial charge in [-0.05, 0) is 31.5 Å². The first-order chi connectivity index (χ1) is 9.56. The Kier molecular flexibility index (Phi) is 4.73. The second-order valence-corrected chi connectivity index (χ2v) is 5.66. The number of hydrogen-bond acceptors (Lipinski definition) is 4. The third-order valence-corrected chi connectivity index (χ3v) is 3.77. The van der Waals surface area contributed by atoms with Crippen LogP contribution in [0.3, 0.4) is 0 Å². The molecule has 20 heavy (non-hydrogen) atoms. The molecule has 0 bridgehead atoms. The summed E-state index contributed by atoms with van der Waals surface area (Å²) in [6.07, 6.45) is 1.40. The molecule has 0 unspecified atom stereocenters. The minimum absolute atomic E-state index is 0.108. The van der Waals surface area contributed by atoms with E-state index in [2.05, 4.69) is 20.5 Å². The van der Waals surface area contributed by atoms with E-state index in [4.69, 9.17) is 0 Å². The highest BCUT2D eigenvalue weighted by Gasteiger charge is 2.18. The Hall–Kier alpha value is -1.89. The molecule has 0 saturated heterocycles. The smallest absolute Gasteiger partial charge is 0.233 e. The number of thioether (sulfide) groups is 1. The molecule has 0 saturated carbocycles. The lowest BCUT2D eigenvalue weighted by molar-refractivity contribution is -0.120. The van der Waals surface area contributed by atoms with E-state index in [9.17, 15) is 9.18 Å². The molecule has 0 fully saturated rings. The number of benzene rings is 1. The minimum atomic E-state index is -0.300. The fourth-order valence-corrected chi connectivity index (χ4v) is 2.36. The zero-order valence-electron chi connectivity index (χ0n) is 11.1. The summed E-state index contributed by atoms with van der Waals surface area (Å²) in [5.41, 5.74) is 0.858. The van der Waals surface area contributed by atoms with Crippen molar-refractivity contribution in [3.8, 4) is 0 Å². The number of carbonyl (C=O) groups excluding carboxylic acids is 1. The molecule has 0 spiro atoms. The minimum Gasteiger partial charge on any atom is -0.349 e. The van der Waals surface area contributed by atoms with Gasteiger partial charge in [0.2, 0.25) is 5.91 Å². The predicted octanol–water partition coefficient (Wildman–Crippen LogP) is 2.30. The number of aromatic nitrogens is 3. The first-order valence-electron chi connectivity index (χ1n) is 6.14. The van der Waals surface area contributed by atoms with Crippen molar-refractivity contribution in [2.45, 2.75) is 30.3 Å². The van der Waals surface area contributed by atoms with Gasteiger partial charge in [0.1, 0.15) is 12.1 Å². The predicted molar refractivity (Wildman–Crippen MR) is 74.7 cm³/mol. The van der Waals surface area contributed by atoms with E-state index in [1.54, 1.807) is 19.1 Å². The van der Waals surface area contributed by atoms with Crippen LogP contribution in [0.2, 0.25) is 0 Å². The lowest BCUT2D eigenvalue weighted by Crippen LogP contribution is -2.33. The maximum atomic E-state index is 12.8. The molecular formula is C13H15FN4OS. The molecular weight excluding hydrogens is 279 g/mol. The zero-order valence-corrected chi connectivity index (χ0v) is 11.9. The maximum absolute atomic E-state index is 12.8. The number of nitrogens with one attached hydrogen (secondary N) is 2. The topological polar surface area (TPSA) is 70.7 Å². The Morgan fingerprint density at radius 2 is 2.05 bits per heavy atom. The van der Waals surface area contributed by atoms with Gasteiger partial charge >= 0.3 is 0 Å². The molecule has 2 N–H and O–H groups in total. The molecule has 2 rings (SSSR count). The normalized spacial score (nSPS) is 13.8. The first kappa shape index (κ1) is 14.5. The van der Waals surface area contributed by atoms with Gasteiger partial charge in [-0.3, -0.25) is 9.89 Å². The number of rotatable bonds is 5. The van der Waals surface area contributed by atoms with Crippen LogP contribution in [0.25, 0.3) is 0 Å². The van der Waals surface area contributed by atoms with Gasteiger partial charge in [-0.1, -0.05) is 23.9 Å². The lowest BCUT2D eigenvalue weighted by atomic mass is 10.1. The largest absolute Gasteiger partial charge is 0.349 e. The Balaban J connectivity index is 1.91. The summed E-state index contributed by atoms with van der Waals surface area (Å²) in [7, 11) is 0. The average Bonchev–Trinajstić information content (AvgIpc) is 2.92. The van der Waals surface area contributed by atoms with Crippen molar-refractivity contribution in [1.29, 1.82) is 0 Å². The lowest BCUT2D eigenvalue weighted by Gasteiger charge is -2.17. The third-order valence-electron chi connectivity index (χ3n) is 2.78. The third kappa shape index (κ3) is 3.80. The molecule has 1 heterocycles. The number of hydrogen-bond donors (Lipinski definition) is 2. The van der Waals surface area contributed by atoms with Crippen molar-refractivity contribution in [3.63, 3.8) is 0 Å². The van der Waals surface area contributed by atoms with Crippen LogP contribution < -0.4 is 5.32 Å². The summed E-state index contributed by atoms with van der Waals surface area (Å²) in [6, 6.07) is 5.90. The molecule has 0 aliphatic heterocycles. The van der Waals surface area contributed by atoms with E-state index in [1.807, 2.05) is 6.92 Å². The van der Waals surface area contributed by atoms with E-state index in [0.29, 0.717) is 5.16 Å². The van der Waals surface area contributed by atoms with Gasteiger partial charge in [-0.2, -0.15) is 5.10 Å². The Bertz CT molecular complexity index is 558. The SMILES string of the molecule is C[C@H](Sc1ncn[nH]1)C(=O)N[C@@H](C)c1ccc(F)cc1. The zero-order chi connectivity index (χ0) is 14.5. The Labute approximate surface area is 120 Å².